The maximum atomic E-state index is 5.56. The predicted octanol–water partition coefficient (Wildman–Crippen LogP) is 2.11. The second-order valence-electron chi connectivity index (χ2n) is 5.63. The van der Waals surface area contributed by atoms with Crippen LogP contribution in [0.25, 0.3) is 0 Å². The number of aromatic nitrogens is 2. The van der Waals surface area contributed by atoms with E-state index in [4.69, 9.17) is 4.74 Å². The van der Waals surface area contributed by atoms with E-state index in [1.807, 2.05) is 17.9 Å². The van der Waals surface area contributed by atoms with Crippen molar-refractivity contribution in [3.63, 3.8) is 0 Å². The van der Waals surface area contributed by atoms with Crippen molar-refractivity contribution in [3.05, 3.63) is 18.0 Å². The Hall–Kier alpha value is -1.56. The Morgan fingerprint density at radius 2 is 2.04 bits per heavy atom. The summed E-state index contributed by atoms with van der Waals surface area (Å²) in [4.78, 5) is 4.61. The minimum Gasteiger partial charge on any atom is -0.381 e. The lowest BCUT2D eigenvalue weighted by molar-refractivity contribution is 0.129. The number of rotatable bonds is 12. The molecule has 6 nitrogen and oxygen atoms in total. The number of nitrogens with zero attached hydrogens (tertiary/aromatic N) is 3. The smallest absolute Gasteiger partial charge is 0.191 e. The summed E-state index contributed by atoms with van der Waals surface area (Å²) < 4.78 is 7.40. The van der Waals surface area contributed by atoms with Gasteiger partial charge >= 0.3 is 0 Å². The molecule has 132 valence electrons. The van der Waals surface area contributed by atoms with Crippen LogP contribution in [0, 0.1) is 0 Å². The molecule has 0 unspecified atom stereocenters. The van der Waals surface area contributed by atoms with Crippen molar-refractivity contribution in [1.82, 2.24) is 20.4 Å². The van der Waals surface area contributed by atoms with Crippen LogP contribution in [0.5, 0.6) is 0 Å². The van der Waals surface area contributed by atoms with E-state index >= 15 is 0 Å². The average molecular weight is 323 g/mol. The molecule has 0 bridgehead atoms. The Morgan fingerprint density at radius 1 is 1.22 bits per heavy atom. The molecule has 0 saturated carbocycles. The Balaban J connectivity index is 2.14. The van der Waals surface area contributed by atoms with Gasteiger partial charge in [0.1, 0.15) is 0 Å². The summed E-state index contributed by atoms with van der Waals surface area (Å²) in [5, 5.41) is 10.8. The monoisotopic (exact) mass is 323 g/mol. The fraction of sp³-hybridized carbons (Fsp3) is 0.765. The van der Waals surface area contributed by atoms with Gasteiger partial charge in [-0.3, -0.25) is 9.67 Å². The van der Waals surface area contributed by atoms with E-state index in [2.05, 4.69) is 40.8 Å². The van der Waals surface area contributed by atoms with Crippen molar-refractivity contribution in [2.24, 2.45) is 12.0 Å². The molecular weight excluding hydrogens is 290 g/mol. The summed E-state index contributed by atoms with van der Waals surface area (Å²) in [6.45, 7) is 8.53. The van der Waals surface area contributed by atoms with Gasteiger partial charge in [0.15, 0.2) is 5.96 Å². The number of unbranched alkanes of at least 4 members (excludes halogenated alkanes) is 1. The van der Waals surface area contributed by atoms with Gasteiger partial charge < -0.3 is 15.4 Å². The highest BCUT2D eigenvalue weighted by Crippen LogP contribution is 2.00. The fourth-order valence-corrected chi connectivity index (χ4v) is 2.15. The normalized spacial score (nSPS) is 11.7. The molecule has 0 aliphatic rings. The first-order valence-electron chi connectivity index (χ1n) is 8.83. The minimum atomic E-state index is 0.813. The summed E-state index contributed by atoms with van der Waals surface area (Å²) in [6.07, 6.45) is 9.37. The van der Waals surface area contributed by atoms with Crippen molar-refractivity contribution < 1.29 is 4.74 Å². The van der Waals surface area contributed by atoms with Crippen molar-refractivity contribution in [1.29, 1.82) is 0 Å². The van der Waals surface area contributed by atoms with Gasteiger partial charge in [-0.1, -0.05) is 13.3 Å². The summed E-state index contributed by atoms with van der Waals surface area (Å²) >= 11 is 0. The number of aryl methyl sites for hydroxylation is 2. The quantitative estimate of drug-likeness (QED) is 0.351. The fourth-order valence-electron chi connectivity index (χ4n) is 2.15. The molecule has 1 rings (SSSR count). The Morgan fingerprint density at radius 3 is 2.74 bits per heavy atom. The van der Waals surface area contributed by atoms with Crippen LogP contribution in [0.15, 0.2) is 17.4 Å². The van der Waals surface area contributed by atoms with Gasteiger partial charge in [0, 0.05) is 46.1 Å². The summed E-state index contributed by atoms with van der Waals surface area (Å²) in [7, 11) is 1.95. The summed E-state index contributed by atoms with van der Waals surface area (Å²) in [5.41, 5.74) is 1.27. The second-order valence-corrected chi connectivity index (χ2v) is 5.63. The van der Waals surface area contributed by atoms with Crippen molar-refractivity contribution in [2.45, 2.75) is 46.0 Å². The van der Waals surface area contributed by atoms with E-state index in [0.29, 0.717) is 0 Å². The summed E-state index contributed by atoms with van der Waals surface area (Å²) in [6, 6.07) is 0. The molecule has 0 radical (unpaired) electrons. The molecule has 0 amide bonds. The van der Waals surface area contributed by atoms with Crippen molar-refractivity contribution in [3.8, 4) is 0 Å². The highest BCUT2D eigenvalue weighted by molar-refractivity contribution is 5.79. The average Bonchev–Trinajstić information content (AvgIpc) is 2.96. The molecule has 0 aliphatic carbocycles. The van der Waals surface area contributed by atoms with Gasteiger partial charge in [-0.15, -0.1) is 0 Å². The van der Waals surface area contributed by atoms with Crippen LogP contribution >= 0.6 is 0 Å². The van der Waals surface area contributed by atoms with E-state index in [-0.39, 0.29) is 0 Å². The molecule has 1 aromatic heterocycles. The SMILES string of the molecule is CCCCOCCCNC(=NCCCc1cnn(C)c1)NCC. The van der Waals surface area contributed by atoms with Crippen LogP contribution in [0.1, 0.15) is 45.1 Å². The standard InChI is InChI=1S/C17H33N5O/c1-4-6-12-23-13-8-11-20-17(18-5-2)19-10-7-9-16-14-21-22(3)15-16/h14-15H,4-13H2,1-3H3,(H2,18,19,20). The molecule has 1 heterocycles. The van der Waals surface area contributed by atoms with E-state index in [1.54, 1.807) is 0 Å². The predicted molar refractivity (Wildman–Crippen MR) is 95.9 cm³/mol. The maximum Gasteiger partial charge on any atom is 0.191 e. The van der Waals surface area contributed by atoms with Crippen LogP contribution in [0.3, 0.4) is 0 Å². The van der Waals surface area contributed by atoms with Gasteiger partial charge in [-0.25, -0.2) is 0 Å². The minimum absolute atomic E-state index is 0.813. The molecule has 0 atom stereocenters. The zero-order valence-electron chi connectivity index (χ0n) is 15.0. The van der Waals surface area contributed by atoms with Crippen LogP contribution in [-0.2, 0) is 18.2 Å². The highest BCUT2D eigenvalue weighted by Gasteiger charge is 1.98. The Bertz CT molecular complexity index is 430. The van der Waals surface area contributed by atoms with E-state index in [0.717, 1.165) is 64.5 Å². The van der Waals surface area contributed by atoms with Gasteiger partial charge in [0.25, 0.3) is 0 Å². The highest BCUT2D eigenvalue weighted by atomic mass is 16.5. The van der Waals surface area contributed by atoms with Crippen LogP contribution < -0.4 is 10.6 Å². The molecule has 0 aliphatic heterocycles. The maximum absolute atomic E-state index is 5.56. The molecule has 1 aromatic rings. The number of hydrogen-bond donors (Lipinski definition) is 2. The first-order chi connectivity index (χ1) is 11.3. The second kappa shape index (κ2) is 12.9. The molecule has 0 fully saturated rings. The van der Waals surface area contributed by atoms with E-state index in [1.165, 1.54) is 12.0 Å². The number of nitrogens with one attached hydrogen (secondary N) is 2. The van der Waals surface area contributed by atoms with Crippen LogP contribution in [-0.4, -0.2) is 48.6 Å². The van der Waals surface area contributed by atoms with Crippen LogP contribution in [0.4, 0.5) is 0 Å². The van der Waals surface area contributed by atoms with Gasteiger partial charge in [-0.2, -0.15) is 5.10 Å². The third kappa shape index (κ3) is 9.94. The number of guanidine groups is 1. The lowest BCUT2D eigenvalue weighted by atomic mass is 10.2. The zero-order valence-corrected chi connectivity index (χ0v) is 15.0. The molecule has 6 heteroatoms. The molecule has 23 heavy (non-hydrogen) atoms. The lowest BCUT2D eigenvalue weighted by Gasteiger charge is -2.11. The van der Waals surface area contributed by atoms with Gasteiger partial charge in [0.05, 0.1) is 6.20 Å². The first-order valence-corrected chi connectivity index (χ1v) is 8.83. The van der Waals surface area contributed by atoms with E-state index in [9.17, 15) is 0 Å². The van der Waals surface area contributed by atoms with Crippen LogP contribution in [0.2, 0.25) is 0 Å². The third-order valence-corrected chi connectivity index (χ3v) is 3.40. The topological polar surface area (TPSA) is 63.5 Å². The van der Waals surface area contributed by atoms with Crippen molar-refractivity contribution >= 4 is 5.96 Å². The van der Waals surface area contributed by atoms with Crippen molar-refractivity contribution in [2.75, 3.05) is 32.8 Å². The Labute approximate surface area is 140 Å². The number of aliphatic imine (C=N–C) groups is 1. The first kappa shape index (κ1) is 19.5. The molecule has 2 N–H and O–H groups in total. The molecular formula is C17H33N5O. The molecule has 0 saturated heterocycles. The van der Waals surface area contributed by atoms with Gasteiger partial charge in [0.2, 0.25) is 0 Å². The molecule has 0 spiro atoms. The van der Waals surface area contributed by atoms with E-state index < -0.39 is 0 Å². The number of hydrogen-bond acceptors (Lipinski definition) is 3. The summed E-state index contributed by atoms with van der Waals surface area (Å²) in [5.74, 6) is 0.896. The largest absolute Gasteiger partial charge is 0.381 e. The van der Waals surface area contributed by atoms with Gasteiger partial charge in [-0.05, 0) is 38.2 Å². The third-order valence-electron chi connectivity index (χ3n) is 3.40. The Kier molecular flexibility index (Phi) is 11.0. The molecule has 0 aromatic carbocycles. The number of ether oxygens (including phenoxy) is 1. The lowest BCUT2D eigenvalue weighted by Crippen LogP contribution is -2.38. The zero-order chi connectivity index (χ0) is 16.8.